The second-order valence-corrected chi connectivity index (χ2v) is 36.5. The number of unbranched alkanes of at least 4 members (excludes halogenated alkanes) is 2. The number of ether oxygens (including phenoxy) is 6. The van der Waals surface area contributed by atoms with E-state index in [2.05, 4.69) is 213 Å². The number of likely N-dealkylation sites (N-methyl/N-ethyl adjacent to an activating group) is 3. The number of allylic oxidation sites excluding steroid dienone is 4. The standard InChI is InChI=1S/C100H141N29O6/c1-117(2)58-87(101)50-104-47-75-29-76(48-105-51-88(102)59-118(3)4)36-97(35-75)132-71-83-33-85(73-134-99-39-79(54-126-67-91(108-113-126)62-121(9)10)31-80(40-99)55-127-68-92(109-114-127)63-122(11)12)45-95(43-83)130-27-25-23-21-19-17-18-20-22-24-26-28-131-96-44-84(72-133-98-37-77(49-106-52-89(103)60-119(5)6)30-78(38-98)53-125-66-90(107-112-125)61-120(7)8)34-86(46-96)74-135-100-41-81(56-128-69-93(110-115-128)64-123(13)14)32-82(42-100)57-129-70-94(111-116-129)65-124(15)16/h17-18,23-26,29-46,50-52,66-70,104-106H,19-22,27-28,47-49,53-65,71-74,101-103H2,1-16H3/b18-17+,25-23+,26-24+,87-50-,88-51-,89-52-. The number of benzene rings is 6. The summed E-state index contributed by atoms with van der Waals surface area (Å²) in [6.07, 6.45) is 31.9. The number of hydrogen-bond acceptors (Lipinski definition) is 30. The van der Waals surface area contributed by atoms with Crippen molar-refractivity contribution < 1.29 is 28.4 Å². The maximum atomic E-state index is 6.79. The molecule has 35 heteroatoms. The van der Waals surface area contributed by atoms with Crippen LogP contribution in [0.4, 0.5) is 0 Å². The van der Waals surface area contributed by atoms with Gasteiger partial charge in [0.05, 0.1) is 92.2 Å². The zero-order valence-electron chi connectivity index (χ0n) is 81.8. The van der Waals surface area contributed by atoms with Crippen molar-refractivity contribution in [3.05, 3.63) is 308 Å². The summed E-state index contributed by atoms with van der Waals surface area (Å²) in [5.41, 5.74) is 37.4. The molecular formula is C100H141N29O6. The lowest BCUT2D eigenvalue weighted by Crippen LogP contribution is -2.22. The molecular weight excluding hydrogens is 1700 g/mol. The van der Waals surface area contributed by atoms with E-state index in [1.807, 2.05) is 225 Å². The van der Waals surface area contributed by atoms with Crippen LogP contribution >= 0.6 is 0 Å². The Kier molecular flexibility index (Phi) is 40.1. The summed E-state index contributed by atoms with van der Waals surface area (Å²) in [5.74, 6) is 4.17. The number of nitrogens with zero attached hydrogens (tertiary/aromatic N) is 23. The molecule has 9 N–H and O–H groups in total. The number of aromatic nitrogens is 15. The van der Waals surface area contributed by atoms with Gasteiger partial charge in [-0.1, -0.05) is 86.8 Å². The van der Waals surface area contributed by atoms with Gasteiger partial charge in [-0.05, 0) is 290 Å². The number of nitrogens with one attached hydrogen (secondary N) is 3. The number of rotatable bonds is 59. The van der Waals surface area contributed by atoms with Gasteiger partial charge in [-0.25, -0.2) is 23.4 Å². The van der Waals surface area contributed by atoms with Crippen LogP contribution in [-0.4, -0.2) is 260 Å². The van der Waals surface area contributed by atoms with Gasteiger partial charge < -0.3 is 101 Å². The minimum atomic E-state index is 0.244. The SMILES string of the molecule is CN(C)C/C(N)=C/NCc1cc(CN/C=C(\N)CN(C)C)cc(OCc2cc(COc3cc(Cn4cc(CN(C)C)nn4)cc(Cn4cc(CN(C)C)nn4)c3)cc(OC/C=C/CC/C=C/CC/C=C/COc3cc(COc4cc(CN/C=C(\N)CN(C)C)cc(Cn5cc(CN(C)C)nn5)c4)cc(COc4cc(Cn5cc(CN(C)C)nn5)cc(Cn5cc(CN(C)C)nn5)c4)c3)c2)c1. The first-order chi connectivity index (χ1) is 65.0. The third kappa shape index (κ3) is 38.3. The molecule has 5 aromatic heterocycles. The fraction of sp³-hybridized carbons (Fsp3) is 0.420. The minimum absolute atomic E-state index is 0.244. The van der Waals surface area contributed by atoms with Crippen molar-refractivity contribution in [3.63, 3.8) is 0 Å². The van der Waals surface area contributed by atoms with Crippen LogP contribution in [0.1, 0.15) is 121 Å². The lowest BCUT2D eigenvalue weighted by atomic mass is 10.1. The van der Waals surface area contributed by atoms with Gasteiger partial charge in [-0.2, -0.15) is 0 Å². The summed E-state index contributed by atoms with van der Waals surface area (Å²) in [7, 11) is 32.1. The molecule has 0 amide bonds. The summed E-state index contributed by atoms with van der Waals surface area (Å²) in [6, 6.07) is 37.5. The van der Waals surface area contributed by atoms with Crippen molar-refractivity contribution in [2.75, 3.05) is 146 Å². The van der Waals surface area contributed by atoms with E-state index < -0.39 is 0 Å². The molecule has 0 saturated heterocycles. The van der Waals surface area contributed by atoms with Gasteiger partial charge in [0, 0.05) is 108 Å². The number of hydrogen-bond donors (Lipinski definition) is 6. The molecule has 0 fully saturated rings. The van der Waals surface area contributed by atoms with E-state index in [9.17, 15) is 0 Å². The highest BCUT2D eigenvalue weighted by molar-refractivity contribution is 5.42. The summed E-state index contributed by atoms with van der Waals surface area (Å²) < 4.78 is 49.5. The maximum absolute atomic E-state index is 6.79. The van der Waals surface area contributed by atoms with Crippen molar-refractivity contribution in [3.8, 4) is 34.5 Å². The van der Waals surface area contributed by atoms with Gasteiger partial charge in [0.2, 0.25) is 0 Å². The van der Waals surface area contributed by atoms with E-state index in [4.69, 9.17) is 45.6 Å². The van der Waals surface area contributed by atoms with E-state index in [1.165, 1.54) is 0 Å². The molecule has 0 unspecified atom stereocenters. The first-order valence-corrected chi connectivity index (χ1v) is 45.6. The molecule has 5 heterocycles. The lowest BCUT2D eigenvalue weighted by Gasteiger charge is -2.15. The van der Waals surface area contributed by atoms with E-state index in [1.54, 1.807) is 0 Å². The Morgan fingerprint density at radius 1 is 0.259 bits per heavy atom. The van der Waals surface area contributed by atoms with Gasteiger partial charge in [0.15, 0.2) is 0 Å². The first kappa shape index (κ1) is 102. The summed E-state index contributed by atoms with van der Waals surface area (Å²) in [5, 5.41) is 54.8. The maximum Gasteiger partial charge on any atom is 0.120 e. The summed E-state index contributed by atoms with van der Waals surface area (Å²) in [4.78, 5) is 16.5. The molecule has 11 aromatic rings. The Labute approximate surface area is 796 Å². The highest BCUT2D eigenvalue weighted by Gasteiger charge is 2.18. The molecule has 0 aliphatic rings. The fourth-order valence-corrected chi connectivity index (χ4v) is 15.0. The largest absolute Gasteiger partial charge is 0.490 e. The molecule has 0 aliphatic carbocycles. The average Bonchev–Trinajstić information content (AvgIpc) is 1.78. The second kappa shape index (κ2) is 53.0. The molecule has 0 atom stereocenters. The Morgan fingerprint density at radius 3 is 0.696 bits per heavy atom. The van der Waals surface area contributed by atoms with Gasteiger partial charge in [-0.3, -0.25) is 0 Å². The second-order valence-electron chi connectivity index (χ2n) is 36.5. The lowest BCUT2D eigenvalue weighted by molar-refractivity contribution is 0.295. The van der Waals surface area contributed by atoms with Crippen LogP contribution < -0.4 is 61.6 Å². The Balaban J connectivity index is 0.758. The molecule has 6 aromatic carbocycles. The van der Waals surface area contributed by atoms with Gasteiger partial charge in [-0.15, -0.1) is 25.5 Å². The molecule has 0 aliphatic heterocycles. The van der Waals surface area contributed by atoms with Crippen molar-refractivity contribution in [2.45, 2.75) is 137 Å². The highest BCUT2D eigenvalue weighted by atomic mass is 16.5. The van der Waals surface area contributed by atoms with Crippen LogP contribution in [0, 0.1) is 0 Å². The van der Waals surface area contributed by atoms with Crippen molar-refractivity contribution >= 4 is 0 Å². The van der Waals surface area contributed by atoms with E-state index >= 15 is 0 Å². The molecule has 722 valence electrons. The predicted molar refractivity (Wildman–Crippen MR) is 528 cm³/mol. The zero-order valence-corrected chi connectivity index (χ0v) is 81.8. The molecule has 135 heavy (non-hydrogen) atoms. The van der Waals surface area contributed by atoms with Crippen LogP contribution in [-0.2, 0) is 112 Å². The molecule has 35 nitrogen and oxygen atoms in total. The van der Waals surface area contributed by atoms with Gasteiger partial charge in [0.25, 0.3) is 0 Å². The van der Waals surface area contributed by atoms with Crippen LogP contribution in [0.25, 0.3) is 0 Å². The van der Waals surface area contributed by atoms with Gasteiger partial charge in [0.1, 0.15) is 74.1 Å². The Morgan fingerprint density at radius 2 is 0.459 bits per heavy atom. The fourth-order valence-electron chi connectivity index (χ4n) is 15.0. The van der Waals surface area contributed by atoms with E-state index in [0.29, 0.717) is 152 Å². The third-order valence-electron chi connectivity index (χ3n) is 20.3. The van der Waals surface area contributed by atoms with Crippen LogP contribution in [0.5, 0.6) is 34.5 Å². The molecule has 0 radical (unpaired) electrons. The highest BCUT2D eigenvalue weighted by Crippen LogP contribution is 2.30. The van der Waals surface area contributed by atoms with Gasteiger partial charge >= 0.3 is 0 Å². The van der Waals surface area contributed by atoms with E-state index in [-0.39, 0.29) is 26.4 Å². The molecule has 0 bridgehead atoms. The van der Waals surface area contributed by atoms with Crippen LogP contribution in [0.3, 0.4) is 0 Å². The van der Waals surface area contributed by atoms with Crippen LogP contribution in [0.2, 0.25) is 0 Å². The molecule has 11 rings (SSSR count). The van der Waals surface area contributed by atoms with E-state index in [0.717, 1.165) is 138 Å². The molecule has 0 saturated carbocycles. The van der Waals surface area contributed by atoms with Crippen molar-refractivity contribution in [1.82, 2.24) is 130 Å². The summed E-state index contributed by atoms with van der Waals surface area (Å²) >= 11 is 0. The monoisotopic (exact) mass is 1840 g/mol. The Bertz CT molecular complexity index is 5490. The van der Waals surface area contributed by atoms with Crippen molar-refractivity contribution in [2.24, 2.45) is 17.2 Å². The smallest absolute Gasteiger partial charge is 0.120 e. The zero-order chi connectivity index (χ0) is 96.0. The normalized spacial score (nSPS) is 12.4. The predicted octanol–water partition coefficient (Wildman–Crippen LogP) is 9.55. The third-order valence-corrected chi connectivity index (χ3v) is 20.3. The average molecular weight is 1850 g/mol. The molecule has 0 spiro atoms. The van der Waals surface area contributed by atoms with Crippen molar-refractivity contribution in [1.29, 1.82) is 0 Å². The van der Waals surface area contributed by atoms with Crippen LogP contribution in [0.15, 0.2) is 212 Å². The Hall–Kier alpha value is -13.3. The topological polar surface area (TPSA) is 349 Å². The number of nitrogens with two attached hydrogens (primary N) is 3. The summed E-state index contributed by atoms with van der Waals surface area (Å²) in [6.45, 7) is 11.0. The minimum Gasteiger partial charge on any atom is -0.490 e. The first-order valence-electron chi connectivity index (χ1n) is 45.6. The quantitative estimate of drug-likeness (QED) is 0.0152.